The number of nitrogens with zero attached hydrogens (tertiary/aromatic N) is 5. The van der Waals surface area contributed by atoms with E-state index < -0.39 is 0 Å². The number of rotatable bonds is 5. The summed E-state index contributed by atoms with van der Waals surface area (Å²) in [6.45, 7) is 0.475. The molecule has 24 heavy (non-hydrogen) atoms. The van der Waals surface area contributed by atoms with Gasteiger partial charge < -0.3 is 20.5 Å². The van der Waals surface area contributed by atoms with Crippen molar-refractivity contribution in [3.8, 4) is 0 Å². The largest absolute Gasteiger partial charge is 0.361 e. The van der Waals surface area contributed by atoms with Crippen molar-refractivity contribution >= 4 is 28.6 Å². The second kappa shape index (κ2) is 6.63. The highest BCUT2D eigenvalue weighted by Gasteiger charge is 2.13. The normalized spacial score (nSPS) is 10.8. The molecule has 0 bridgehead atoms. The zero-order chi connectivity index (χ0) is 17.1. The number of para-hydroxylation sites is 1. The fraction of sp³-hybridized carbons (Fsp3) is 0.250. The number of imidazole rings is 1. The number of hydrogen-bond donors (Lipinski definition) is 2. The third-order valence-corrected chi connectivity index (χ3v) is 3.62. The van der Waals surface area contributed by atoms with Gasteiger partial charge >= 0.3 is 0 Å². The van der Waals surface area contributed by atoms with E-state index in [0.717, 1.165) is 28.2 Å². The van der Waals surface area contributed by atoms with Crippen LogP contribution in [0.25, 0.3) is 11.2 Å². The lowest BCUT2D eigenvalue weighted by Gasteiger charge is -2.12. The predicted molar refractivity (Wildman–Crippen MR) is 92.9 cm³/mol. The number of amides is 1. The lowest BCUT2D eigenvalue weighted by molar-refractivity contribution is -0.114. The average molecular weight is 325 g/mol. The Bertz CT molecular complexity index is 872. The van der Waals surface area contributed by atoms with E-state index >= 15 is 0 Å². The molecule has 0 spiro atoms. The van der Waals surface area contributed by atoms with Crippen LogP contribution in [0.5, 0.6) is 0 Å². The van der Waals surface area contributed by atoms with E-state index in [2.05, 4.69) is 20.3 Å². The molecule has 124 valence electrons. The fourth-order valence-corrected chi connectivity index (χ4v) is 2.48. The van der Waals surface area contributed by atoms with Crippen molar-refractivity contribution in [1.82, 2.24) is 19.5 Å². The standard InChI is InChI=1S/C16H19N7O/c1-22(2)15-14-16(19-9-18-15)23(10-20-14)8-11-5-3-4-6-12(11)21-13(24)7-17/h3-6,9-10H,7-8,17H2,1-2H3,(H,21,24). The summed E-state index contributed by atoms with van der Waals surface area (Å²) in [6.07, 6.45) is 3.26. The molecule has 1 aromatic carbocycles. The van der Waals surface area contributed by atoms with E-state index in [1.807, 2.05) is 47.8 Å². The molecule has 2 heterocycles. The molecule has 3 N–H and O–H groups in total. The Labute approximate surface area is 139 Å². The fourth-order valence-electron chi connectivity index (χ4n) is 2.48. The molecule has 1 amide bonds. The first kappa shape index (κ1) is 15.9. The monoisotopic (exact) mass is 325 g/mol. The van der Waals surface area contributed by atoms with Crippen LogP contribution in [-0.2, 0) is 11.3 Å². The summed E-state index contributed by atoms with van der Waals surface area (Å²) in [4.78, 5) is 26.5. The number of carbonyl (C=O) groups excluding carboxylic acids is 1. The van der Waals surface area contributed by atoms with Crippen LogP contribution in [0, 0.1) is 0 Å². The molecule has 0 radical (unpaired) electrons. The number of aromatic nitrogens is 4. The van der Waals surface area contributed by atoms with Crippen molar-refractivity contribution in [2.45, 2.75) is 6.54 Å². The minimum atomic E-state index is -0.227. The van der Waals surface area contributed by atoms with E-state index in [-0.39, 0.29) is 12.5 Å². The molecule has 0 aliphatic carbocycles. The van der Waals surface area contributed by atoms with Gasteiger partial charge in [0.1, 0.15) is 6.33 Å². The first-order valence-corrected chi connectivity index (χ1v) is 7.51. The second-order valence-electron chi connectivity index (χ2n) is 5.55. The molecule has 0 fully saturated rings. The van der Waals surface area contributed by atoms with Gasteiger partial charge in [0.2, 0.25) is 5.91 Å². The Kier molecular flexibility index (Phi) is 4.39. The molecule has 8 heteroatoms. The molecular weight excluding hydrogens is 306 g/mol. The lowest BCUT2D eigenvalue weighted by Crippen LogP contribution is -2.22. The third-order valence-electron chi connectivity index (χ3n) is 3.62. The van der Waals surface area contributed by atoms with E-state index in [0.29, 0.717) is 6.54 Å². The maximum atomic E-state index is 11.6. The molecule has 0 saturated heterocycles. The zero-order valence-electron chi connectivity index (χ0n) is 13.6. The number of carbonyl (C=O) groups is 1. The molecule has 0 unspecified atom stereocenters. The Morgan fingerprint density at radius 2 is 2.04 bits per heavy atom. The number of hydrogen-bond acceptors (Lipinski definition) is 6. The number of fused-ring (bicyclic) bond motifs is 1. The van der Waals surface area contributed by atoms with Gasteiger partial charge in [0.15, 0.2) is 17.0 Å². The van der Waals surface area contributed by atoms with Gasteiger partial charge in [0, 0.05) is 19.8 Å². The van der Waals surface area contributed by atoms with Crippen molar-refractivity contribution in [3.05, 3.63) is 42.5 Å². The molecule has 0 aliphatic rings. The molecule has 0 aliphatic heterocycles. The number of nitrogens with two attached hydrogens (primary N) is 1. The molecule has 8 nitrogen and oxygen atoms in total. The molecule has 0 saturated carbocycles. The van der Waals surface area contributed by atoms with Gasteiger partial charge in [-0.05, 0) is 11.6 Å². The van der Waals surface area contributed by atoms with Crippen LogP contribution in [0.4, 0.5) is 11.5 Å². The first-order valence-electron chi connectivity index (χ1n) is 7.51. The smallest absolute Gasteiger partial charge is 0.238 e. The lowest BCUT2D eigenvalue weighted by atomic mass is 10.1. The summed E-state index contributed by atoms with van der Waals surface area (Å²) in [6, 6.07) is 7.59. The maximum Gasteiger partial charge on any atom is 0.238 e. The van der Waals surface area contributed by atoms with E-state index in [4.69, 9.17) is 5.73 Å². The van der Waals surface area contributed by atoms with Crippen molar-refractivity contribution in [2.75, 3.05) is 30.9 Å². The van der Waals surface area contributed by atoms with Gasteiger partial charge in [-0.15, -0.1) is 0 Å². The highest BCUT2D eigenvalue weighted by Crippen LogP contribution is 2.22. The van der Waals surface area contributed by atoms with Gasteiger partial charge in [0.05, 0.1) is 19.4 Å². The van der Waals surface area contributed by atoms with Crippen molar-refractivity contribution in [3.63, 3.8) is 0 Å². The number of benzene rings is 1. The van der Waals surface area contributed by atoms with Crippen molar-refractivity contribution in [1.29, 1.82) is 0 Å². The summed E-state index contributed by atoms with van der Waals surface area (Å²) in [5.41, 5.74) is 8.54. The van der Waals surface area contributed by atoms with Crippen LogP contribution in [0.2, 0.25) is 0 Å². The van der Waals surface area contributed by atoms with Gasteiger partial charge in [-0.3, -0.25) is 4.79 Å². The Hall–Kier alpha value is -3.00. The van der Waals surface area contributed by atoms with E-state index in [1.54, 1.807) is 6.33 Å². The summed E-state index contributed by atoms with van der Waals surface area (Å²) in [5, 5.41) is 2.81. The maximum absolute atomic E-state index is 11.6. The van der Waals surface area contributed by atoms with Crippen molar-refractivity contribution < 1.29 is 4.79 Å². The molecule has 2 aromatic heterocycles. The average Bonchev–Trinajstić information content (AvgIpc) is 2.99. The van der Waals surface area contributed by atoms with Crippen LogP contribution in [-0.4, -0.2) is 46.1 Å². The summed E-state index contributed by atoms with van der Waals surface area (Å²) in [7, 11) is 3.83. The minimum absolute atomic E-state index is 0.0538. The van der Waals surface area contributed by atoms with Crippen LogP contribution in [0.15, 0.2) is 36.9 Å². The van der Waals surface area contributed by atoms with Gasteiger partial charge in [-0.2, -0.15) is 0 Å². The van der Waals surface area contributed by atoms with E-state index in [9.17, 15) is 4.79 Å². The Balaban J connectivity index is 1.97. The molecule has 3 rings (SSSR count). The molecular formula is C16H19N7O. The first-order chi connectivity index (χ1) is 11.6. The van der Waals surface area contributed by atoms with E-state index in [1.165, 1.54) is 6.33 Å². The third kappa shape index (κ3) is 3.04. The SMILES string of the molecule is CN(C)c1ncnc2c1ncn2Cc1ccccc1NC(=O)CN. The van der Waals surface area contributed by atoms with Gasteiger partial charge in [0.25, 0.3) is 0 Å². The zero-order valence-corrected chi connectivity index (χ0v) is 13.6. The second-order valence-corrected chi connectivity index (χ2v) is 5.55. The van der Waals surface area contributed by atoms with Crippen molar-refractivity contribution in [2.24, 2.45) is 5.73 Å². The topological polar surface area (TPSA) is 102 Å². The highest BCUT2D eigenvalue weighted by atomic mass is 16.1. The van der Waals surface area contributed by atoms with Crippen LogP contribution in [0.1, 0.15) is 5.56 Å². The highest BCUT2D eigenvalue weighted by molar-refractivity contribution is 5.92. The molecule has 3 aromatic rings. The Morgan fingerprint density at radius 1 is 1.25 bits per heavy atom. The molecule has 0 atom stereocenters. The van der Waals surface area contributed by atoms with Crippen LogP contribution in [0.3, 0.4) is 0 Å². The minimum Gasteiger partial charge on any atom is -0.361 e. The number of anilines is 2. The van der Waals surface area contributed by atoms with Gasteiger partial charge in [-0.25, -0.2) is 15.0 Å². The predicted octanol–water partition coefficient (Wildman–Crippen LogP) is 0.838. The number of nitrogens with one attached hydrogen (secondary N) is 1. The summed E-state index contributed by atoms with van der Waals surface area (Å²) < 4.78 is 1.93. The van der Waals surface area contributed by atoms with Gasteiger partial charge in [-0.1, -0.05) is 18.2 Å². The quantitative estimate of drug-likeness (QED) is 0.721. The summed E-state index contributed by atoms with van der Waals surface area (Å²) >= 11 is 0. The van der Waals surface area contributed by atoms with Crippen LogP contribution >= 0.6 is 0 Å². The summed E-state index contributed by atoms with van der Waals surface area (Å²) in [5.74, 6) is 0.540. The Morgan fingerprint density at radius 3 is 2.79 bits per heavy atom. The van der Waals surface area contributed by atoms with Crippen LogP contribution < -0.4 is 16.0 Å².